The highest BCUT2D eigenvalue weighted by Crippen LogP contribution is 2.31. The van der Waals surface area contributed by atoms with Crippen LogP contribution in [-0.4, -0.2) is 38.3 Å². The molecule has 0 fully saturated rings. The third kappa shape index (κ3) is 3.43. The number of ether oxygens (including phenoxy) is 1. The van der Waals surface area contributed by atoms with Crippen LogP contribution in [0, 0.1) is 6.92 Å². The summed E-state index contributed by atoms with van der Waals surface area (Å²) in [5.41, 5.74) is 1.12. The van der Waals surface area contributed by atoms with Crippen LogP contribution in [0.1, 0.15) is 37.4 Å². The molecule has 18 heavy (non-hydrogen) atoms. The van der Waals surface area contributed by atoms with Gasteiger partial charge in [-0.3, -0.25) is 0 Å². The molecule has 2 unspecified atom stereocenters. The average Bonchev–Trinajstić information content (AvgIpc) is 2.71. The zero-order chi connectivity index (χ0) is 13.7. The van der Waals surface area contributed by atoms with Gasteiger partial charge in [0.25, 0.3) is 0 Å². The van der Waals surface area contributed by atoms with Crippen LogP contribution in [0.5, 0.6) is 0 Å². The number of nitrogens with zero attached hydrogens (tertiary/aromatic N) is 2. The van der Waals surface area contributed by atoms with E-state index >= 15 is 0 Å². The van der Waals surface area contributed by atoms with E-state index in [1.165, 1.54) is 4.88 Å². The fourth-order valence-electron chi connectivity index (χ4n) is 2.02. The first kappa shape index (κ1) is 15.4. The Hall–Kier alpha value is -0.650. The van der Waals surface area contributed by atoms with Crippen molar-refractivity contribution in [3.8, 4) is 0 Å². The highest BCUT2D eigenvalue weighted by molar-refractivity contribution is 7.15. The van der Waals surface area contributed by atoms with Gasteiger partial charge in [-0.25, -0.2) is 4.98 Å². The maximum atomic E-state index is 5.24. The minimum absolute atomic E-state index is 0.350. The Morgan fingerprint density at radius 1 is 1.44 bits per heavy atom. The van der Waals surface area contributed by atoms with Crippen molar-refractivity contribution in [1.82, 2.24) is 10.3 Å². The summed E-state index contributed by atoms with van der Waals surface area (Å²) in [6.45, 7) is 10.3. The molecular weight excluding hydrogens is 246 g/mol. The summed E-state index contributed by atoms with van der Waals surface area (Å²) < 4.78 is 5.24. The van der Waals surface area contributed by atoms with Gasteiger partial charge >= 0.3 is 0 Å². The topological polar surface area (TPSA) is 37.4 Å². The third-order valence-corrected chi connectivity index (χ3v) is 4.55. The Bertz CT molecular complexity index is 367. The Kier molecular flexibility index (Phi) is 6.05. The summed E-state index contributed by atoms with van der Waals surface area (Å²) in [5, 5.41) is 4.37. The van der Waals surface area contributed by atoms with Crippen LogP contribution in [0.25, 0.3) is 0 Å². The predicted molar refractivity (Wildman–Crippen MR) is 78.7 cm³/mol. The molecule has 2 atom stereocenters. The molecule has 1 aromatic heterocycles. The van der Waals surface area contributed by atoms with E-state index in [9.17, 15) is 0 Å². The molecule has 1 N–H and O–H groups in total. The molecule has 0 amide bonds. The van der Waals surface area contributed by atoms with Crippen molar-refractivity contribution in [3.63, 3.8) is 0 Å². The number of rotatable bonds is 7. The first-order valence-electron chi connectivity index (χ1n) is 6.45. The molecule has 104 valence electrons. The fourth-order valence-corrected chi connectivity index (χ4v) is 3.31. The number of methoxy groups -OCH3 is 1. The normalized spacial score (nSPS) is 14.6. The lowest BCUT2D eigenvalue weighted by atomic mass is 10.2. The van der Waals surface area contributed by atoms with Gasteiger partial charge in [-0.05, 0) is 34.7 Å². The van der Waals surface area contributed by atoms with E-state index in [0.29, 0.717) is 12.1 Å². The number of hydrogen-bond donors (Lipinski definition) is 1. The first-order valence-corrected chi connectivity index (χ1v) is 7.26. The van der Waals surface area contributed by atoms with Gasteiger partial charge in [0.05, 0.1) is 18.3 Å². The Morgan fingerprint density at radius 3 is 2.61 bits per heavy atom. The summed E-state index contributed by atoms with van der Waals surface area (Å²) in [6.07, 6.45) is 0. The van der Waals surface area contributed by atoms with Crippen molar-refractivity contribution in [2.24, 2.45) is 0 Å². The summed E-state index contributed by atoms with van der Waals surface area (Å²) >= 11 is 1.78. The van der Waals surface area contributed by atoms with Crippen LogP contribution >= 0.6 is 11.3 Å². The van der Waals surface area contributed by atoms with E-state index in [2.05, 4.69) is 37.9 Å². The van der Waals surface area contributed by atoms with Gasteiger partial charge in [0.15, 0.2) is 5.13 Å². The second-order valence-corrected chi connectivity index (χ2v) is 5.56. The van der Waals surface area contributed by atoms with Crippen LogP contribution < -0.4 is 10.2 Å². The molecule has 0 bridgehead atoms. The quantitative estimate of drug-likeness (QED) is 0.827. The minimum Gasteiger partial charge on any atom is -0.383 e. The van der Waals surface area contributed by atoms with Crippen molar-refractivity contribution < 1.29 is 4.74 Å². The van der Waals surface area contributed by atoms with Crippen molar-refractivity contribution in [1.29, 1.82) is 0 Å². The molecule has 0 saturated carbocycles. The molecule has 4 nitrogen and oxygen atoms in total. The minimum atomic E-state index is 0.350. The van der Waals surface area contributed by atoms with Gasteiger partial charge < -0.3 is 15.0 Å². The zero-order valence-corrected chi connectivity index (χ0v) is 13.1. The lowest BCUT2D eigenvalue weighted by Gasteiger charge is -2.26. The number of hydrogen-bond acceptors (Lipinski definition) is 5. The molecule has 0 aliphatic carbocycles. The maximum Gasteiger partial charge on any atom is 0.186 e. The maximum absolute atomic E-state index is 5.24. The number of nitrogens with one attached hydrogen (secondary N) is 1. The lowest BCUT2D eigenvalue weighted by Crippen LogP contribution is -2.36. The molecule has 0 spiro atoms. The molecule has 0 aliphatic heterocycles. The van der Waals surface area contributed by atoms with E-state index in [1.54, 1.807) is 18.4 Å². The summed E-state index contributed by atoms with van der Waals surface area (Å²) in [5.74, 6) is 0. The molecule has 0 saturated heterocycles. The van der Waals surface area contributed by atoms with Crippen LogP contribution in [0.4, 0.5) is 5.13 Å². The van der Waals surface area contributed by atoms with Gasteiger partial charge in [-0.1, -0.05) is 0 Å². The average molecular weight is 271 g/mol. The molecule has 0 aliphatic rings. The van der Waals surface area contributed by atoms with Crippen LogP contribution in [0.15, 0.2) is 0 Å². The second kappa shape index (κ2) is 7.07. The molecule has 1 aromatic rings. The van der Waals surface area contributed by atoms with E-state index in [0.717, 1.165) is 24.0 Å². The number of anilines is 1. The molecule has 0 aromatic carbocycles. The second-order valence-electron chi connectivity index (χ2n) is 4.55. The van der Waals surface area contributed by atoms with Crippen LogP contribution in [0.2, 0.25) is 0 Å². The van der Waals surface area contributed by atoms with Crippen LogP contribution in [-0.2, 0) is 4.74 Å². The van der Waals surface area contributed by atoms with Crippen LogP contribution in [0.3, 0.4) is 0 Å². The summed E-state index contributed by atoms with van der Waals surface area (Å²) in [7, 11) is 3.72. The van der Waals surface area contributed by atoms with Gasteiger partial charge in [0, 0.05) is 24.6 Å². The first-order chi connectivity index (χ1) is 8.54. The molecule has 0 radical (unpaired) electrons. The SMILES string of the molecule is CCN(c1nc(C)c(C(C)NC)s1)C(C)COC. The van der Waals surface area contributed by atoms with Crippen molar-refractivity contribution >= 4 is 16.5 Å². The monoisotopic (exact) mass is 271 g/mol. The van der Waals surface area contributed by atoms with E-state index in [4.69, 9.17) is 9.72 Å². The fraction of sp³-hybridized carbons (Fsp3) is 0.769. The smallest absolute Gasteiger partial charge is 0.186 e. The molecule has 1 heterocycles. The third-order valence-electron chi connectivity index (χ3n) is 3.17. The number of thiazole rings is 1. The Morgan fingerprint density at radius 2 is 2.11 bits per heavy atom. The highest BCUT2D eigenvalue weighted by atomic mass is 32.1. The zero-order valence-electron chi connectivity index (χ0n) is 12.3. The summed E-state index contributed by atoms with van der Waals surface area (Å²) in [6, 6.07) is 0.705. The van der Waals surface area contributed by atoms with Gasteiger partial charge in [0.1, 0.15) is 0 Å². The van der Waals surface area contributed by atoms with Crippen molar-refractivity contribution in [2.75, 3.05) is 32.2 Å². The Balaban J connectivity index is 2.93. The molecule has 5 heteroatoms. The Labute approximate surface area is 114 Å². The van der Waals surface area contributed by atoms with Gasteiger partial charge in [-0.2, -0.15) is 0 Å². The number of likely N-dealkylation sites (N-methyl/N-ethyl adjacent to an activating group) is 1. The van der Waals surface area contributed by atoms with Gasteiger partial charge in [-0.15, -0.1) is 11.3 Å². The number of aryl methyl sites for hydroxylation is 1. The van der Waals surface area contributed by atoms with Crippen molar-refractivity contribution in [2.45, 2.75) is 39.8 Å². The number of aromatic nitrogens is 1. The van der Waals surface area contributed by atoms with Gasteiger partial charge in [0.2, 0.25) is 0 Å². The molecule has 1 rings (SSSR count). The standard InChI is InChI=1S/C13H25N3OS/c1-7-16(9(2)8-17-6)13-15-11(4)12(18-13)10(3)14-5/h9-10,14H,7-8H2,1-6H3. The lowest BCUT2D eigenvalue weighted by molar-refractivity contribution is 0.182. The highest BCUT2D eigenvalue weighted by Gasteiger charge is 2.19. The largest absolute Gasteiger partial charge is 0.383 e. The van der Waals surface area contributed by atoms with Crippen molar-refractivity contribution in [3.05, 3.63) is 10.6 Å². The van der Waals surface area contributed by atoms with E-state index in [1.807, 2.05) is 7.05 Å². The summed E-state index contributed by atoms with van der Waals surface area (Å²) in [4.78, 5) is 8.32. The molecular formula is C13H25N3OS. The van der Waals surface area contributed by atoms with E-state index < -0.39 is 0 Å². The van der Waals surface area contributed by atoms with E-state index in [-0.39, 0.29) is 0 Å². The predicted octanol–water partition coefficient (Wildman–Crippen LogP) is 2.59.